The minimum atomic E-state index is -0.322. The van der Waals surface area contributed by atoms with E-state index in [0.717, 1.165) is 33.2 Å². The van der Waals surface area contributed by atoms with E-state index in [9.17, 15) is 0 Å². The van der Waals surface area contributed by atoms with Crippen LogP contribution in [0.25, 0.3) is 11.0 Å². The first-order valence-corrected chi connectivity index (χ1v) is 9.08. The predicted octanol–water partition coefficient (Wildman–Crippen LogP) is 3.89. The van der Waals surface area contributed by atoms with Crippen molar-refractivity contribution in [3.8, 4) is 0 Å². The van der Waals surface area contributed by atoms with Crippen molar-refractivity contribution in [2.24, 2.45) is 10.2 Å². The van der Waals surface area contributed by atoms with E-state index >= 15 is 0 Å². The van der Waals surface area contributed by atoms with Gasteiger partial charge in [-0.3, -0.25) is 0 Å². The fourth-order valence-corrected chi connectivity index (χ4v) is 3.76. The number of imidazole rings is 1. The molecule has 124 valence electrons. The van der Waals surface area contributed by atoms with Gasteiger partial charge in [-0.05, 0) is 30.3 Å². The van der Waals surface area contributed by atoms with Crippen molar-refractivity contribution in [1.29, 1.82) is 0 Å². The van der Waals surface area contributed by atoms with Crippen LogP contribution >= 0.6 is 23.4 Å². The molecule has 2 N–H and O–H groups in total. The number of H-pyrrole nitrogens is 1. The molecule has 25 heavy (non-hydrogen) atoms. The molecule has 0 aliphatic carbocycles. The van der Waals surface area contributed by atoms with Gasteiger partial charge in [0.2, 0.25) is 12.1 Å². The number of halogens is 1. The first-order valence-electron chi connectivity index (χ1n) is 7.71. The van der Waals surface area contributed by atoms with Crippen LogP contribution in [0, 0.1) is 0 Å². The van der Waals surface area contributed by atoms with Crippen molar-refractivity contribution in [3.05, 3.63) is 53.1 Å². The highest BCUT2D eigenvalue weighted by Crippen LogP contribution is 2.31. The van der Waals surface area contributed by atoms with Gasteiger partial charge in [0, 0.05) is 16.3 Å². The summed E-state index contributed by atoms with van der Waals surface area (Å²) in [6, 6.07) is 13.6. The maximum atomic E-state index is 6.06. The molecule has 0 amide bonds. The van der Waals surface area contributed by atoms with Gasteiger partial charge in [-0.25, -0.2) is 4.98 Å². The van der Waals surface area contributed by atoms with Crippen LogP contribution in [0.4, 0.5) is 5.69 Å². The Hall–Kier alpha value is -2.51. The Labute approximate surface area is 152 Å². The number of aromatic nitrogens is 2. The van der Waals surface area contributed by atoms with Gasteiger partial charge in [0.05, 0.1) is 16.8 Å². The molecule has 5 rings (SSSR count). The molecule has 6 nitrogen and oxygen atoms in total. The summed E-state index contributed by atoms with van der Waals surface area (Å²) in [5.41, 5.74) is 4.61. The van der Waals surface area contributed by atoms with Gasteiger partial charge in [-0.15, -0.1) is 10.2 Å². The first kappa shape index (κ1) is 14.8. The van der Waals surface area contributed by atoms with E-state index in [2.05, 4.69) is 25.5 Å². The van der Waals surface area contributed by atoms with Gasteiger partial charge in [0.15, 0.2) is 5.16 Å². The van der Waals surface area contributed by atoms with Gasteiger partial charge in [-0.2, -0.15) is 0 Å². The summed E-state index contributed by atoms with van der Waals surface area (Å²) in [6.45, 7) is 0. The Bertz CT molecular complexity index is 1010. The van der Waals surface area contributed by atoms with E-state index in [-0.39, 0.29) is 6.23 Å². The third kappa shape index (κ3) is 2.65. The van der Waals surface area contributed by atoms with Gasteiger partial charge in [0.25, 0.3) is 0 Å². The number of hydrogen-bond acceptors (Lipinski definition) is 6. The Morgan fingerprint density at radius 1 is 1.16 bits per heavy atom. The summed E-state index contributed by atoms with van der Waals surface area (Å²) in [5.74, 6) is 1.11. The van der Waals surface area contributed by atoms with Gasteiger partial charge in [0.1, 0.15) is 5.71 Å². The lowest BCUT2D eigenvalue weighted by Gasteiger charge is -2.18. The second-order valence-electron chi connectivity index (χ2n) is 5.66. The quantitative estimate of drug-likeness (QED) is 0.687. The van der Waals surface area contributed by atoms with Crippen molar-refractivity contribution in [2.45, 2.75) is 11.4 Å². The third-order valence-electron chi connectivity index (χ3n) is 4.02. The molecule has 2 aromatic carbocycles. The normalized spacial score (nSPS) is 18.0. The predicted molar refractivity (Wildman–Crippen MR) is 101 cm³/mol. The SMILES string of the molecule is Clc1ccc2c(c1)C1=NN=C(CSc3nc4ccccc4[nH]3)OC1N2. The van der Waals surface area contributed by atoms with Crippen molar-refractivity contribution in [1.82, 2.24) is 9.97 Å². The van der Waals surface area contributed by atoms with Crippen molar-refractivity contribution < 1.29 is 4.74 Å². The molecule has 3 aromatic rings. The van der Waals surface area contributed by atoms with E-state index in [1.807, 2.05) is 42.5 Å². The highest BCUT2D eigenvalue weighted by molar-refractivity contribution is 7.99. The Morgan fingerprint density at radius 2 is 2.08 bits per heavy atom. The average molecular weight is 370 g/mol. The topological polar surface area (TPSA) is 74.7 Å². The molecule has 0 saturated carbocycles. The molecule has 1 aromatic heterocycles. The Kier molecular flexibility index (Phi) is 3.43. The van der Waals surface area contributed by atoms with Crippen LogP contribution in [0.5, 0.6) is 0 Å². The monoisotopic (exact) mass is 369 g/mol. The number of thioether (sulfide) groups is 1. The van der Waals surface area contributed by atoms with Crippen LogP contribution in [0.3, 0.4) is 0 Å². The van der Waals surface area contributed by atoms with Crippen LogP contribution in [0.2, 0.25) is 5.02 Å². The maximum absolute atomic E-state index is 6.06. The fourth-order valence-electron chi connectivity index (χ4n) is 2.86. The number of para-hydroxylation sites is 2. The molecule has 0 bridgehead atoms. The van der Waals surface area contributed by atoms with Crippen molar-refractivity contribution in [2.75, 3.05) is 11.1 Å². The number of hydrogen-bond donors (Lipinski definition) is 2. The van der Waals surface area contributed by atoms with E-state index < -0.39 is 0 Å². The van der Waals surface area contributed by atoms with Crippen molar-refractivity contribution in [3.63, 3.8) is 0 Å². The maximum Gasteiger partial charge on any atom is 0.221 e. The summed E-state index contributed by atoms with van der Waals surface area (Å²) >= 11 is 7.59. The minimum Gasteiger partial charge on any atom is -0.449 e. The van der Waals surface area contributed by atoms with Crippen LogP contribution in [-0.4, -0.2) is 33.6 Å². The highest BCUT2D eigenvalue weighted by atomic mass is 35.5. The lowest BCUT2D eigenvalue weighted by Crippen LogP contribution is -2.32. The number of benzene rings is 2. The van der Waals surface area contributed by atoms with Gasteiger partial charge >= 0.3 is 0 Å². The number of ether oxygens (including phenoxy) is 1. The van der Waals surface area contributed by atoms with E-state index in [0.29, 0.717) is 16.7 Å². The number of nitrogens with one attached hydrogen (secondary N) is 2. The molecule has 1 atom stereocenters. The molecular formula is C17H12ClN5OS. The van der Waals surface area contributed by atoms with Crippen LogP contribution in [0.15, 0.2) is 57.8 Å². The number of nitrogens with zero attached hydrogens (tertiary/aromatic N) is 3. The van der Waals surface area contributed by atoms with Crippen LogP contribution in [-0.2, 0) is 4.74 Å². The Balaban J connectivity index is 1.33. The zero-order valence-corrected chi connectivity index (χ0v) is 14.4. The zero-order chi connectivity index (χ0) is 16.8. The zero-order valence-electron chi connectivity index (χ0n) is 12.9. The second kappa shape index (κ2) is 5.79. The van der Waals surface area contributed by atoms with E-state index in [4.69, 9.17) is 16.3 Å². The first-order chi connectivity index (χ1) is 12.3. The molecule has 2 aliphatic rings. The lowest BCUT2D eigenvalue weighted by molar-refractivity contribution is 0.276. The summed E-state index contributed by atoms with van der Waals surface area (Å²) in [5, 5.41) is 13.3. The van der Waals surface area contributed by atoms with Crippen LogP contribution in [0.1, 0.15) is 5.56 Å². The standard InChI is InChI=1S/C17H12ClN5OS/c18-9-5-6-11-10(7-9)15-16(19-11)24-14(22-23-15)8-25-17-20-12-3-1-2-4-13(12)21-17/h1-7,16,19H,8H2,(H,20,21). The molecule has 0 spiro atoms. The number of anilines is 1. The fraction of sp³-hybridized carbons (Fsp3) is 0.118. The minimum absolute atomic E-state index is 0.322. The lowest BCUT2D eigenvalue weighted by atomic mass is 10.1. The van der Waals surface area contributed by atoms with Crippen molar-refractivity contribution >= 4 is 51.7 Å². The molecule has 8 heteroatoms. The molecule has 0 radical (unpaired) electrons. The summed E-state index contributed by atoms with van der Waals surface area (Å²) in [7, 11) is 0. The third-order valence-corrected chi connectivity index (χ3v) is 5.11. The summed E-state index contributed by atoms with van der Waals surface area (Å²) in [4.78, 5) is 7.81. The molecule has 0 saturated heterocycles. The molecule has 1 unspecified atom stereocenters. The number of aromatic amines is 1. The molecular weight excluding hydrogens is 358 g/mol. The smallest absolute Gasteiger partial charge is 0.221 e. The average Bonchev–Trinajstić information content (AvgIpc) is 3.20. The van der Waals surface area contributed by atoms with Crippen LogP contribution < -0.4 is 5.32 Å². The highest BCUT2D eigenvalue weighted by Gasteiger charge is 2.33. The van der Waals surface area contributed by atoms with Gasteiger partial charge < -0.3 is 15.0 Å². The molecule has 0 fully saturated rings. The second-order valence-corrected chi connectivity index (χ2v) is 7.06. The summed E-state index contributed by atoms with van der Waals surface area (Å²) in [6.07, 6.45) is -0.322. The van der Waals surface area contributed by atoms with E-state index in [1.165, 1.54) is 11.8 Å². The van der Waals surface area contributed by atoms with Gasteiger partial charge in [-0.1, -0.05) is 35.5 Å². The molecule has 3 heterocycles. The number of rotatable bonds is 3. The number of fused-ring (bicyclic) bond motifs is 4. The summed E-state index contributed by atoms with van der Waals surface area (Å²) < 4.78 is 5.93. The Morgan fingerprint density at radius 3 is 3.00 bits per heavy atom. The van der Waals surface area contributed by atoms with E-state index in [1.54, 1.807) is 0 Å². The molecule has 2 aliphatic heterocycles. The largest absolute Gasteiger partial charge is 0.449 e.